The van der Waals surface area contributed by atoms with Crippen LogP contribution >= 0.6 is 11.6 Å². The van der Waals surface area contributed by atoms with E-state index >= 15 is 0 Å². The van der Waals surface area contributed by atoms with E-state index < -0.39 is 5.82 Å². The first-order valence-electron chi connectivity index (χ1n) is 4.33. The van der Waals surface area contributed by atoms with Gasteiger partial charge in [-0.3, -0.25) is 4.68 Å². The van der Waals surface area contributed by atoms with E-state index in [4.69, 9.17) is 17.3 Å². The van der Waals surface area contributed by atoms with Gasteiger partial charge in [0.15, 0.2) is 0 Å². The van der Waals surface area contributed by atoms with Crippen molar-refractivity contribution in [3.8, 4) is 11.3 Å². The van der Waals surface area contributed by atoms with Crippen molar-refractivity contribution in [2.45, 2.75) is 0 Å². The Morgan fingerprint density at radius 3 is 2.67 bits per heavy atom. The summed E-state index contributed by atoms with van der Waals surface area (Å²) in [6, 6.07) is 6.22. The fraction of sp³-hybridized carbons (Fsp3) is 0.100. The Balaban J connectivity index is 2.49. The number of anilines is 1. The number of benzene rings is 1. The number of rotatable bonds is 1. The molecule has 1 heterocycles. The fourth-order valence-corrected chi connectivity index (χ4v) is 1.40. The second-order valence-electron chi connectivity index (χ2n) is 3.21. The van der Waals surface area contributed by atoms with Crippen molar-refractivity contribution >= 4 is 17.4 Å². The van der Waals surface area contributed by atoms with Crippen LogP contribution in [0.15, 0.2) is 24.3 Å². The van der Waals surface area contributed by atoms with Gasteiger partial charge in [0.25, 0.3) is 0 Å². The predicted molar refractivity (Wildman–Crippen MR) is 58.0 cm³/mol. The lowest BCUT2D eigenvalue weighted by Crippen LogP contribution is -1.96. The Labute approximate surface area is 91.3 Å². The first-order valence-corrected chi connectivity index (χ1v) is 4.70. The van der Waals surface area contributed by atoms with E-state index in [0.29, 0.717) is 17.1 Å². The summed E-state index contributed by atoms with van der Waals surface area (Å²) in [4.78, 5) is 0. The molecule has 0 aliphatic rings. The average Bonchev–Trinajstić information content (AvgIpc) is 2.52. The zero-order chi connectivity index (χ0) is 11.0. The summed E-state index contributed by atoms with van der Waals surface area (Å²) in [6.07, 6.45) is 0. The lowest BCUT2D eigenvalue weighted by molar-refractivity contribution is 0.628. The summed E-state index contributed by atoms with van der Waals surface area (Å²) in [7, 11) is 1.73. The standard InChI is InChI=1S/C10H9ClFN3/c1-15-10(13)5-9(14-15)6-2-3-7(11)8(12)4-6/h2-5H,13H2,1H3. The second-order valence-corrected chi connectivity index (χ2v) is 3.61. The highest BCUT2D eigenvalue weighted by Crippen LogP contribution is 2.24. The second kappa shape index (κ2) is 3.55. The highest BCUT2D eigenvalue weighted by molar-refractivity contribution is 6.30. The van der Waals surface area contributed by atoms with Gasteiger partial charge in [-0.25, -0.2) is 4.39 Å². The van der Waals surface area contributed by atoms with Gasteiger partial charge in [-0.05, 0) is 12.1 Å². The van der Waals surface area contributed by atoms with Crippen LogP contribution in [0.2, 0.25) is 5.02 Å². The van der Waals surface area contributed by atoms with Gasteiger partial charge in [-0.1, -0.05) is 17.7 Å². The molecule has 2 aromatic rings. The molecule has 15 heavy (non-hydrogen) atoms. The molecule has 0 spiro atoms. The Morgan fingerprint density at radius 2 is 2.13 bits per heavy atom. The van der Waals surface area contributed by atoms with Gasteiger partial charge < -0.3 is 5.73 Å². The van der Waals surface area contributed by atoms with E-state index in [1.165, 1.54) is 16.8 Å². The minimum absolute atomic E-state index is 0.0997. The van der Waals surface area contributed by atoms with Gasteiger partial charge in [0.2, 0.25) is 0 Å². The first-order chi connectivity index (χ1) is 7.08. The zero-order valence-electron chi connectivity index (χ0n) is 8.04. The molecule has 0 unspecified atom stereocenters. The van der Waals surface area contributed by atoms with Gasteiger partial charge in [0.05, 0.1) is 10.7 Å². The van der Waals surface area contributed by atoms with Crippen LogP contribution in [0.4, 0.5) is 10.2 Å². The molecule has 0 fully saturated rings. The van der Waals surface area contributed by atoms with Crippen molar-refractivity contribution in [1.29, 1.82) is 0 Å². The van der Waals surface area contributed by atoms with E-state index in [0.717, 1.165) is 0 Å². The van der Waals surface area contributed by atoms with Crippen molar-refractivity contribution in [2.24, 2.45) is 7.05 Å². The molecule has 2 rings (SSSR count). The highest BCUT2D eigenvalue weighted by atomic mass is 35.5. The lowest BCUT2D eigenvalue weighted by atomic mass is 10.1. The molecule has 5 heteroatoms. The van der Waals surface area contributed by atoms with Crippen molar-refractivity contribution in [3.05, 3.63) is 35.1 Å². The third-order valence-electron chi connectivity index (χ3n) is 2.13. The third kappa shape index (κ3) is 1.80. The minimum Gasteiger partial charge on any atom is -0.384 e. The molecule has 0 aliphatic carbocycles. The highest BCUT2D eigenvalue weighted by Gasteiger charge is 2.07. The maximum atomic E-state index is 13.2. The first kappa shape index (κ1) is 9.98. The maximum Gasteiger partial charge on any atom is 0.142 e. The molecule has 0 saturated carbocycles. The van der Waals surface area contributed by atoms with Crippen LogP contribution in [0.3, 0.4) is 0 Å². The monoisotopic (exact) mass is 225 g/mol. The Kier molecular flexibility index (Phi) is 2.36. The smallest absolute Gasteiger partial charge is 0.142 e. The molecule has 1 aromatic heterocycles. The molecule has 0 amide bonds. The number of halogens is 2. The number of aromatic nitrogens is 2. The van der Waals surface area contributed by atoms with Crippen LogP contribution < -0.4 is 5.73 Å². The number of nitrogens with two attached hydrogens (primary N) is 1. The minimum atomic E-state index is -0.460. The van der Waals surface area contributed by atoms with E-state index in [9.17, 15) is 4.39 Å². The van der Waals surface area contributed by atoms with Crippen molar-refractivity contribution in [1.82, 2.24) is 9.78 Å². The fourth-order valence-electron chi connectivity index (χ4n) is 1.28. The van der Waals surface area contributed by atoms with Gasteiger partial charge in [-0.2, -0.15) is 5.10 Å². The van der Waals surface area contributed by atoms with Gasteiger partial charge in [0.1, 0.15) is 11.6 Å². The quantitative estimate of drug-likeness (QED) is 0.810. The molecule has 0 aliphatic heterocycles. The van der Waals surface area contributed by atoms with E-state index in [2.05, 4.69) is 5.10 Å². The molecule has 1 aromatic carbocycles. The molecule has 2 N–H and O–H groups in total. The van der Waals surface area contributed by atoms with E-state index in [1.54, 1.807) is 19.2 Å². The molecular formula is C10H9ClFN3. The molecule has 78 valence electrons. The van der Waals surface area contributed by atoms with E-state index in [-0.39, 0.29) is 5.02 Å². The van der Waals surface area contributed by atoms with Gasteiger partial charge >= 0.3 is 0 Å². The Hall–Kier alpha value is -1.55. The third-order valence-corrected chi connectivity index (χ3v) is 2.44. The van der Waals surface area contributed by atoms with E-state index in [1.807, 2.05) is 0 Å². The largest absolute Gasteiger partial charge is 0.384 e. The van der Waals surface area contributed by atoms with Crippen molar-refractivity contribution in [3.63, 3.8) is 0 Å². The Bertz CT molecular complexity index is 488. The number of hydrogen-bond donors (Lipinski definition) is 1. The molecule has 0 saturated heterocycles. The molecule has 0 bridgehead atoms. The maximum absolute atomic E-state index is 13.2. The van der Waals surface area contributed by atoms with Crippen LogP contribution in [0.25, 0.3) is 11.3 Å². The van der Waals surface area contributed by atoms with Gasteiger partial charge in [-0.15, -0.1) is 0 Å². The lowest BCUT2D eigenvalue weighted by Gasteiger charge is -1.98. The SMILES string of the molecule is Cn1nc(-c2ccc(Cl)c(F)c2)cc1N. The van der Waals surface area contributed by atoms with Crippen LogP contribution in [0.5, 0.6) is 0 Å². The summed E-state index contributed by atoms with van der Waals surface area (Å²) in [5, 5.41) is 4.23. The predicted octanol–water partition coefficient (Wildman–Crippen LogP) is 2.46. The van der Waals surface area contributed by atoms with Crippen LogP contribution in [0, 0.1) is 5.82 Å². The molecular weight excluding hydrogens is 217 g/mol. The molecule has 3 nitrogen and oxygen atoms in total. The van der Waals surface area contributed by atoms with Crippen molar-refractivity contribution < 1.29 is 4.39 Å². The van der Waals surface area contributed by atoms with Crippen molar-refractivity contribution in [2.75, 3.05) is 5.73 Å². The summed E-state index contributed by atoms with van der Waals surface area (Å²) < 4.78 is 14.7. The Morgan fingerprint density at radius 1 is 1.40 bits per heavy atom. The number of nitrogen functional groups attached to an aromatic ring is 1. The summed E-state index contributed by atoms with van der Waals surface area (Å²) in [5.41, 5.74) is 6.91. The molecule has 0 atom stereocenters. The van der Waals surface area contributed by atoms with Crippen LogP contribution in [-0.2, 0) is 7.05 Å². The van der Waals surface area contributed by atoms with Gasteiger partial charge in [0, 0.05) is 18.7 Å². The number of nitrogens with zero attached hydrogens (tertiary/aromatic N) is 2. The number of hydrogen-bond acceptors (Lipinski definition) is 2. The topological polar surface area (TPSA) is 43.8 Å². The van der Waals surface area contributed by atoms with Crippen LogP contribution in [-0.4, -0.2) is 9.78 Å². The normalized spacial score (nSPS) is 10.6. The summed E-state index contributed by atoms with van der Waals surface area (Å²) in [5.74, 6) is 0.0683. The van der Waals surface area contributed by atoms with Crippen LogP contribution in [0.1, 0.15) is 0 Å². The summed E-state index contributed by atoms with van der Waals surface area (Å²) in [6.45, 7) is 0. The number of aryl methyl sites for hydroxylation is 1. The molecule has 0 radical (unpaired) electrons. The average molecular weight is 226 g/mol. The summed E-state index contributed by atoms with van der Waals surface area (Å²) >= 11 is 5.58. The zero-order valence-corrected chi connectivity index (χ0v) is 8.79.